The zero-order valence-corrected chi connectivity index (χ0v) is 8.52. The van der Waals surface area contributed by atoms with Crippen molar-refractivity contribution in [1.29, 1.82) is 0 Å². The highest BCUT2D eigenvalue weighted by molar-refractivity contribution is 5.68. The van der Waals surface area contributed by atoms with Gasteiger partial charge in [0.1, 0.15) is 0 Å². The minimum Gasteiger partial charge on any atom is -0.481 e. The molecular formula is C9H13NO5. The molecule has 0 unspecified atom stereocenters. The number of aliphatic carboxylic acids is 1. The maximum Gasteiger partial charge on any atom is 0.305 e. The highest BCUT2D eigenvalue weighted by atomic mass is 16.6. The number of carboxylic acids is 1. The van der Waals surface area contributed by atoms with Crippen molar-refractivity contribution in [3.05, 3.63) is 11.6 Å². The van der Waals surface area contributed by atoms with Crippen molar-refractivity contribution in [2.75, 3.05) is 14.2 Å². The van der Waals surface area contributed by atoms with Gasteiger partial charge in [-0.3, -0.25) is 4.79 Å². The number of furan rings is 1. The van der Waals surface area contributed by atoms with Crippen molar-refractivity contribution in [2.45, 2.75) is 12.5 Å². The number of hydrogen-bond acceptors (Lipinski definition) is 5. The molecule has 0 fully saturated rings. The normalized spacial score (nSPS) is 12.2. The number of nitrogens with two attached hydrogens (primary N) is 1. The zero-order valence-electron chi connectivity index (χ0n) is 8.52. The topological polar surface area (TPSA) is 94.9 Å². The average molecular weight is 215 g/mol. The van der Waals surface area contributed by atoms with E-state index in [-0.39, 0.29) is 18.3 Å². The maximum absolute atomic E-state index is 10.5. The number of carboxylic acid groups (broad SMARTS) is 1. The van der Waals surface area contributed by atoms with Crippen LogP contribution in [0.2, 0.25) is 0 Å². The molecule has 0 spiro atoms. The lowest BCUT2D eigenvalue weighted by Crippen LogP contribution is -2.14. The second kappa shape index (κ2) is 4.70. The molecule has 6 heteroatoms. The lowest BCUT2D eigenvalue weighted by molar-refractivity contribution is -0.137. The van der Waals surface area contributed by atoms with E-state index in [1.165, 1.54) is 20.3 Å². The molecule has 0 aromatic carbocycles. The molecule has 3 N–H and O–H groups in total. The summed E-state index contributed by atoms with van der Waals surface area (Å²) in [7, 11) is 2.85. The Kier molecular flexibility index (Phi) is 3.56. The maximum atomic E-state index is 10.5. The SMILES string of the molecule is COc1cc([C@H](N)CC(=O)O)c(OC)o1. The Labute approximate surface area is 86.6 Å². The molecule has 1 aromatic heterocycles. The first-order valence-corrected chi connectivity index (χ1v) is 4.27. The van der Waals surface area contributed by atoms with Gasteiger partial charge in [-0.25, -0.2) is 0 Å². The van der Waals surface area contributed by atoms with Crippen molar-refractivity contribution in [3.63, 3.8) is 0 Å². The van der Waals surface area contributed by atoms with Crippen LogP contribution in [0.3, 0.4) is 0 Å². The van der Waals surface area contributed by atoms with Crippen LogP contribution in [-0.2, 0) is 4.79 Å². The molecule has 0 aliphatic carbocycles. The molecule has 15 heavy (non-hydrogen) atoms. The van der Waals surface area contributed by atoms with Crippen LogP contribution < -0.4 is 15.2 Å². The highest BCUT2D eigenvalue weighted by Crippen LogP contribution is 2.33. The van der Waals surface area contributed by atoms with Gasteiger partial charge < -0.3 is 24.7 Å². The van der Waals surface area contributed by atoms with E-state index in [1.807, 2.05) is 0 Å². The molecule has 0 saturated heterocycles. The molecule has 0 aliphatic rings. The second-order valence-electron chi connectivity index (χ2n) is 2.92. The van der Waals surface area contributed by atoms with Gasteiger partial charge in [-0.1, -0.05) is 0 Å². The van der Waals surface area contributed by atoms with E-state index >= 15 is 0 Å². The summed E-state index contributed by atoms with van der Waals surface area (Å²) in [6.07, 6.45) is -0.195. The van der Waals surface area contributed by atoms with Crippen LogP contribution in [0.4, 0.5) is 0 Å². The van der Waals surface area contributed by atoms with Crippen LogP contribution in [-0.4, -0.2) is 25.3 Å². The first-order valence-electron chi connectivity index (χ1n) is 4.27. The van der Waals surface area contributed by atoms with Crippen LogP contribution in [0.15, 0.2) is 10.5 Å². The summed E-state index contributed by atoms with van der Waals surface area (Å²) in [6, 6.07) is 0.844. The summed E-state index contributed by atoms with van der Waals surface area (Å²) in [6.45, 7) is 0. The van der Waals surface area contributed by atoms with Gasteiger partial charge in [0.2, 0.25) is 0 Å². The van der Waals surface area contributed by atoms with E-state index in [0.29, 0.717) is 5.56 Å². The molecule has 1 aromatic rings. The molecule has 6 nitrogen and oxygen atoms in total. The van der Waals surface area contributed by atoms with E-state index in [4.69, 9.17) is 24.7 Å². The third kappa shape index (κ3) is 2.63. The van der Waals surface area contributed by atoms with Gasteiger partial charge in [-0.2, -0.15) is 0 Å². The molecule has 0 bridgehead atoms. The fourth-order valence-corrected chi connectivity index (χ4v) is 1.18. The molecule has 0 saturated carbocycles. The van der Waals surface area contributed by atoms with Crippen molar-refractivity contribution in [2.24, 2.45) is 5.73 Å². The Bertz CT molecular complexity index is 346. The summed E-state index contributed by atoms with van der Waals surface area (Å²) in [4.78, 5) is 10.5. The van der Waals surface area contributed by atoms with Crippen molar-refractivity contribution in [1.82, 2.24) is 0 Å². The molecular weight excluding hydrogens is 202 g/mol. The average Bonchev–Trinajstić information content (AvgIpc) is 2.59. The molecule has 1 heterocycles. The summed E-state index contributed by atoms with van der Waals surface area (Å²) in [5.41, 5.74) is 6.15. The first kappa shape index (κ1) is 11.4. The van der Waals surface area contributed by atoms with Gasteiger partial charge in [0.15, 0.2) is 0 Å². The van der Waals surface area contributed by atoms with Gasteiger partial charge >= 0.3 is 5.97 Å². The lowest BCUT2D eigenvalue weighted by atomic mass is 10.1. The summed E-state index contributed by atoms with van der Waals surface area (Å²) in [5.74, 6) is -0.562. The van der Waals surface area contributed by atoms with E-state index in [0.717, 1.165) is 0 Å². The summed E-state index contributed by atoms with van der Waals surface area (Å²) < 4.78 is 14.9. The molecule has 0 amide bonds. The minimum absolute atomic E-state index is 0.181. The van der Waals surface area contributed by atoms with E-state index in [2.05, 4.69) is 0 Å². The number of rotatable bonds is 5. The van der Waals surface area contributed by atoms with E-state index in [9.17, 15) is 4.79 Å². The predicted molar refractivity (Wildman–Crippen MR) is 51.0 cm³/mol. The standard InChI is InChI=1S/C9H13NO5/c1-13-8-3-5(9(14-2)15-8)6(10)4-7(11)12/h3,6H,4,10H2,1-2H3,(H,11,12)/t6-/m1/s1. The number of carbonyl (C=O) groups is 1. The van der Waals surface area contributed by atoms with E-state index in [1.54, 1.807) is 0 Å². The lowest BCUT2D eigenvalue weighted by Gasteiger charge is -2.06. The van der Waals surface area contributed by atoms with Gasteiger partial charge in [0.25, 0.3) is 11.9 Å². The van der Waals surface area contributed by atoms with Gasteiger partial charge in [0, 0.05) is 12.1 Å². The summed E-state index contributed by atoms with van der Waals surface area (Å²) in [5, 5.41) is 8.59. The Balaban J connectivity index is 2.90. The third-order valence-electron chi connectivity index (χ3n) is 1.88. The smallest absolute Gasteiger partial charge is 0.305 e. The fourth-order valence-electron chi connectivity index (χ4n) is 1.18. The minimum atomic E-state index is -0.982. The number of ether oxygens (including phenoxy) is 2. The van der Waals surface area contributed by atoms with Gasteiger partial charge in [-0.15, -0.1) is 0 Å². The van der Waals surface area contributed by atoms with Crippen LogP contribution in [0, 0.1) is 0 Å². The zero-order chi connectivity index (χ0) is 11.4. The molecule has 84 valence electrons. The van der Waals surface area contributed by atoms with Gasteiger partial charge in [-0.05, 0) is 0 Å². The molecule has 0 radical (unpaired) electrons. The number of methoxy groups -OCH3 is 2. The van der Waals surface area contributed by atoms with Crippen LogP contribution in [0.25, 0.3) is 0 Å². The number of hydrogen-bond donors (Lipinski definition) is 2. The summed E-state index contributed by atoms with van der Waals surface area (Å²) >= 11 is 0. The van der Waals surface area contributed by atoms with Crippen LogP contribution in [0.1, 0.15) is 18.0 Å². The Hall–Kier alpha value is -1.69. The van der Waals surface area contributed by atoms with Crippen molar-refractivity contribution in [3.8, 4) is 11.9 Å². The molecule has 1 atom stereocenters. The highest BCUT2D eigenvalue weighted by Gasteiger charge is 2.20. The largest absolute Gasteiger partial charge is 0.481 e. The van der Waals surface area contributed by atoms with Crippen molar-refractivity contribution < 1.29 is 23.8 Å². The first-order chi connectivity index (χ1) is 7.08. The Morgan fingerprint density at radius 3 is 2.73 bits per heavy atom. The van der Waals surface area contributed by atoms with Crippen LogP contribution in [0.5, 0.6) is 11.9 Å². The van der Waals surface area contributed by atoms with Crippen molar-refractivity contribution >= 4 is 5.97 Å². The molecule has 1 rings (SSSR count). The molecule has 0 aliphatic heterocycles. The quantitative estimate of drug-likeness (QED) is 0.753. The fraction of sp³-hybridized carbons (Fsp3) is 0.444. The second-order valence-corrected chi connectivity index (χ2v) is 2.92. The Morgan fingerprint density at radius 2 is 2.27 bits per heavy atom. The van der Waals surface area contributed by atoms with Gasteiger partial charge in [0.05, 0.1) is 26.2 Å². The Morgan fingerprint density at radius 1 is 1.60 bits per heavy atom. The third-order valence-corrected chi connectivity index (χ3v) is 1.88. The predicted octanol–water partition coefficient (Wildman–Crippen LogP) is 0.771. The monoisotopic (exact) mass is 215 g/mol. The van der Waals surface area contributed by atoms with E-state index < -0.39 is 12.0 Å². The van der Waals surface area contributed by atoms with Crippen LogP contribution >= 0.6 is 0 Å².